The summed E-state index contributed by atoms with van der Waals surface area (Å²) in [5.74, 6) is 0.272. The summed E-state index contributed by atoms with van der Waals surface area (Å²) in [5, 5.41) is 12.7. The van der Waals surface area contributed by atoms with Crippen LogP contribution in [0.1, 0.15) is 46.4 Å². The monoisotopic (exact) mass is 402 g/mol. The molecule has 2 aromatic rings. The molecule has 7 nitrogen and oxygen atoms in total. The lowest BCUT2D eigenvalue weighted by Gasteiger charge is -2.16. The number of carbonyl (C=O) groups is 1. The normalized spacial score (nSPS) is 15.6. The van der Waals surface area contributed by atoms with Gasteiger partial charge in [0.15, 0.2) is 0 Å². The van der Waals surface area contributed by atoms with E-state index in [1.807, 2.05) is 4.72 Å². The number of hydrogen-bond donors (Lipinski definition) is 3. The molecule has 28 heavy (non-hydrogen) atoms. The number of rotatable bonds is 5. The second-order valence-electron chi connectivity index (χ2n) is 7.15. The minimum atomic E-state index is -3.99. The minimum Gasteiger partial charge on any atom is -0.465 e. The second kappa shape index (κ2) is 7.44. The summed E-state index contributed by atoms with van der Waals surface area (Å²) in [7, 11) is -3.99. The summed E-state index contributed by atoms with van der Waals surface area (Å²) < 4.78 is 31.5. The molecular weight excluding hydrogens is 380 g/mol. The highest BCUT2D eigenvalue weighted by Crippen LogP contribution is 2.38. The first-order chi connectivity index (χ1) is 13.4. The summed E-state index contributed by atoms with van der Waals surface area (Å²) in [5.41, 5.74) is 6.12. The molecule has 2 aliphatic rings. The Bertz CT molecular complexity index is 1020. The van der Waals surface area contributed by atoms with Crippen LogP contribution in [0.5, 0.6) is 0 Å². The topological polar surface area (TPSA) is 109 Å². The van der Waals surface area contributed by atoms with Gasteiger partial charge in [-0.1, -0.05) is 6.07 Å². The van der Waals surface area contributed by atoms with E-state index in [1.165, 1.54) is 29.5 Å². The molecule has 0 unspecified atom stereocenters. The third kappa shape index (κ3) is 3.83. The van der Waals surface area contributed by atoms with E-state index in [0.29, 0.717) is 5.56 Å². The van der Waals surface area contributed by atoms with E-state index in [-0.39, 0.29) is 12.4 Å². The number of sulfonamides is 1. The fraction of sp³-hybridized carbons (Fsp3) is 0.350. The van der Waals surface area contributed by atoms with Crippen molar-refractivity contribution in [2.24, 2.45) is 0 Å². The number of benzene rings is 1. The van der Waals surface area contributed by atoms with Crippen molar-refractivity contribution in [2.75, 3.05) is 5.32 Å². The molecule has 1 aromatic heterocycles. The van der Waals surface area contributed by atoms with Gasteiger partial charge in [0, 0.05) is 11.3 Å². The van der Waals surface area contributed by atoms with Gasteiger partial charge < -0.3 is 14.8 Å². The Morgan fingerprint density at radius 2 is 1.79 bits per heavy atom. The number of aliphatic hydroxyl groups excluding tert-OH is 1. The first-order valence-electron chi connectivity index (χ1n) is 9.32. The number of nitrogens with one attached hydrogen (secondary N) is 2. The number of furan rings is 1. The van der Waals surface area contributed by atoms with Crippen LogP contribution in [0.15, 0.2) is 28.2 Å². The maximum absolute atomic E-state index is 12.4. The van der Waals surface area contributed by atoms with Crippen molar-refractivity contribution in [1.29, 1.82) is 0 Å². The molecule has 0 fully saturated rings. The first-order valence-corrected chi connectivity index (χ1v) is 10.9. The van der Waals surface area contributed by atoms with Crippen LogP contribution in [0.4, 0.5) is 10.5 Å². The van der Waals surface area contributed by atoms with Gasteiger partial charge in [0.05, 0.1) is 18.3 Å². The number of aryl methyl sites for hydroxylation is 2. The maximum atomic E-state index is 12.4. The van der Waals surface area contributed by atoms with Crippen LogP contribution in [0.25, 0.3) is 6.08 Å². The van der Waals surface area contributed by atoms with E-state index in [0.717, 1.165) is 60.7 Å². The number of anilines is 1. The number of urea groups is 1. The Balaban J connectivity index is 1.49. The number of aliphatic hydroxyl groups is 1. The van der Waals surface area contributed by atoms with E-state index >= 15 is 0 Å². The van der Waals surface area contributed by atoms with Gasteiger partial charge in [-0.05, 0) is 72.9 Å². The molecule has 0 atom stereocenters. The fourth-order valence-corrected chi connectivity index (χ4v) is 4.68. The summed E-state index contributed by atoms with van der Waals surface area (Å²) in [6.45, 7) is -0.198. The van der Waals surface area contributed by atoms with Gasteiger partial charge in [0.25, 0.3) is 10.0 Å². The van der Waals surface area contributed by atoms with Crippen molar-refractivity contribution in [3.63, 3.8) is 0 Å². The molecule has 0 saturated heterocycles. The number of fused-ring (bicyclic) bond motifs is 2. The second-order valence-corrected chi connectivity index (χ2v) is 8.72. The molecule has 148 valence electrons. The van der Waals surface area contributed by atoms with Gasteiger partial charge >= 0.3 is 6.03 Å². The molecule has 3 N–H and O–H groups in total. The van der Waals surface area contributed by atoms with Crippen LogP contribution < -0.4 is 10.0 Å². The maximum Gasteiger partial charge on any atom is 0.333 e. The van der Waals surface area contributed by atoms with Gasteiger partial charge in [-0.25, -0.2) is 17.9 Å². The molecule has 0 spiro atoms. The Morgan fingerprint density at radius 3 is 2.39 bits per heavy atom. The molecule has 1 heterocycles. The van der Waals surface area contributed by atoms with E-state index < -0.39 is 16.1 Å². The Morgan fingerprint density at radius 1 is 1.11 bits per heavy atom. The summed E-state index contributed by atoms with van der Waals surface area (Å²) in [6, 6.07) is 2.99. The fourth-order valence-electron chi connectivity index (χ4n) is 3.99. The quantitative estimate of drug-likeness (QED) is 0.713. The average Bonchev–Trinajstić information content (AvgIpc) is 3.39. The zero-order valence-corrected chi connectivity index (χ0v) is 16.1. The molecule has 0 radical (unpaired) electrons. The summed E-state index contributed by atoms with van der Waals surface area (Å²) in [6.07, 6.45) is 8.46. The molecule has 4 rings (SSSR count). The van der Waals surface area contributed by atoms with Crippen molar-refractivity contribution >= 4 is 27.8 Å². The highest BCUT2D eigenvalue weighted by Gasteiger charge is 2.25. The largest absolute Gasteiger partial charge is 0.465 e. The smallest absolute Gasteiger partial charge is 0.333 e. The molecule has 0 bridgehead atoms. The Kier molecular flexibility index (Phi) is 4.99. The third-order valence-electron chi connectivity index (χ3n) is 5.21. The number of carbonyl (C=O) groups excluding carboxylic acids is 1. The molecule has 0 saturated carbocycles. The van der Waals surface area contributed by atoms with E-state index in [2.05, 4.69) is 11.4 Å². The highest BCUT2D eigenvalue weighted by molar-refractivity contribution is 7.93. The lowest BCUT2D eigenvalue weighted by atomic mass is 9.99. The van der Waals surface area contributed by atoms with Crippen LogP contribution in [0.3, 0.4) is 0 Å². The number of amides is 2. The molecule has 2 amide bonds. The van der Waals surface area contributed by atoms with Crippen LogP contribution in [0, 0.1) is 0 Å². The van der Waals surface area contributed by atoms with Crippen LogP contribution in [0.2, 0.25) is 0 Å². The zero-order chi connectivity index (χ0) is 19.7. The molecule has 8 heteroatoms. The van der Waals surface area contributed by atoms with Gasteiger partial charge in [-0.3, -0.25) is 0 Å². The van der Waals surface area contributed by atoms with Crippen molar-refractivity contribution in [3.8, 4) is 0 Å². The summed E-state index contributed by atoms with van der Waals surface area (Å²) >= 11 is 0. The lowest BCUT2D eigenvalue weighted by Crippen LogP contribution is -2.33. The van der Waals surface area contributed by atoms with Gasteiger partial charge in [-0.2, -0.15) is 0 Å². The molecule has 1 aromatic carbocycles. The van der Waals surface area contributed by atoms with Crippen LogP contribution >= 0.6 is 0 Å². The van der Waals surface area contributed by atoms with Crippen molar-refractivity contribution in [3.05, 3.63) is 57.4 Å². The third-order valence-corrected chi connectivity index (χ3v) is 6.18. The SMILES string of the molecule is O=C(Nc1c2c(cc3c1CCC3)CCC2)NS(=O)(=O)/C=C/c1cc(CO)co1. The van der Waals surface area contributed by atoms with E-state index in [4.69, 9.17) is 9.52 Å². The minimum absolute atomic E-state index is 0.198. The summed E-state index contributed by atoms with van der Waals surface area (Å²) in [4.78, 5) is 12.4. The van der Waals surface area contributed by atoms with Crippen molar-refractivity contribution in [2.45, 2.75) is 45.1 Å². The van der Waals surface area contributed by atoms with Gasteiger partial charge in [-0.15, -0.1) is 0 Å². The zero-order valence-electron chi connectivity index (χ0n) is 15.3. The Labute approximate surface area is 163 Å². The lowest BCUT2D eigenvalue weighted by molar-refractivity contribution is 0.256. The van der Waals surface area contributed by atoms with Crippen molar-refractivity contribution in [1.82, 2.24) is 4.72 Å². The number of hydrogen-bond acceptors (Lipinski definition) is 5. The first kappa shape index (κ1) is 18.8. The molecular formula is C20H22N2O5S. The predicted molar refractivity (Wildman–Crippen MR) is 105 cm³/mol. The average molecular weight is 402 g/mol. The highest BCUT2D eigenvalue weighted by atomic mass is 32.2. The van der Waals surface area contributed by atoms with E-state index in [1.54, 1.807) is 0 Å². The predicted octanol–water partition coefficient (Wildman–Crippen LogP) is 2.87. The standard InChI is InChI=1S/C20H22N2O5S/c23-11-13-9-16(27-12-13)7-8-28(25,26)22-20(24)21-19-17-5-1-3-14(17)10-15-4-2-6-18(15)19/h7-10,12,23H,1-6,11H2,(H2,21,22,24)/b8-7+. The van der Waals surface area contributed by atoms with Gasteiger partial charge in [0.2, 0.25) is 0 Å². The van der Waals surface area contributed by atoms with Gasteiger partial charge in [0.1, 0.15) is 5.76 Å². The molecule has 2 aliphatic carbocycles. The Hall–Kier alpha value is -2.58. The van der Waals surface area contributed by atoms with Crippen LogP contribution in [-0.4, -0.2) is 19.6 Å². The van der Waals surface area contributed by atoms with Crippen molar-refractivity contribution < 1.29 is 22.7 Å². The molecule has 0 aliphatic heterocycles. The van der Waals surface area contributed by atoms with E-state index in [9.17, 15) is 13.2 Å². The van der Waals surface area contributed by atoms with Crippen LogP contribution in [-0.2, 0) is 42.3 Å².